The van der Waals surface area contributed by atoms with E-state index in [0.717, 1.165) is 32.1 Å². The van der Waals surface area contributed by atoms with Crippen LogP contribution in [-0.2, 0) is 28.5 Å². The molecule has 4 N–H and O–H groups in total. The van der Waals surface area contributed by atoms with E-state index in [1.807, 2.05) is 0 Å². The normalized spacial score (nSPS) is 19.1. The third kappa shape index (κ3) is 37.3. The van der Waals surface area contributed by atoms with Crippen molar-refractivity contribution in [2.24, 2.45) is 0 Å². The van der Waals surface area contributed by atoms with E-state index in [4.69, 9.17) is 18.9 Å². The largest absolute Gasteiger partial charge is 0.462 e. The van der Waals surface area contributed by atoms with Gasteiger partial charge in [-0.2, -0.15) is 0 Å². The molecular formula is C55H106O10. The van der Waals surface area contributed by atoms with E-state index in [1.165, 1.54) is 218 Å². The Morgan fingerprint density at radius 2 is 0.723 bits per heavy atom. The number of aliphatic hydroxyl groups excluding tert-OH is 4. The molecule has 0 bridgehead atoms. The fraction of sp³-hybridized carbons (Fsp3) is 0.964. The molecule has 0 aromatic carbocycles. The standard InChI is InChI=1S/C55H106O10/c1-3-5-7-9-11-13-15-17-19-21-23-25-27-29-31-33-35-37-39-41-43-50(57)62-46-48(47-63-55-54(61)53(60)52(59)49(45-56)65-55)64-51(58)44-42-40-38-36-34-32-30-28-26-24-22-20-18-16-14-12-10-8-6-4-2/h48-49,52-56,59-61H,3-47H2,1-2H3. The molecule has 386 valence electrons. The second-order valence-electron chi connectivity index (χ2n) is 19.8. The summed E-state index contributed by atoms with van der Waals surface area (Å²) >= 11 is 0. The fourth-order valence-corrected chi connectivity index (χ4v) is 9.08. The molecule has 1 fully saturated rings. The van der Waals surface area contributed by atoms with Crippen LogP contribution in [0, 0.1) is 0 Å². The number of aliphatic hydroxyl groups is 4. The van der Waals surface area contributed by atoms with E-state index in [2.05, 4.69) is 13.8 Å². The van der Waals surface area contributed by atoms with Crippen molar-refractivity contribution < 1.29 is 49.0 Å². The Morgan fingerprint density at radius 1 is 0.415 bits per heavy atom. The van der Waals surface area contributed by atoms with Gasteiger partial charge in [0, 0.05) is 12.8 Å². The summed E-state index contributed by atoms with van der Waals surface area (Å²) in [7, 11) is 0. The molecule has 0 aromatic rings. The Hall–Kier alpha value is -1.30. The van der Waals surface area contributed by atoms with Gasteiger partial charge in [-0.1, -0.05) is 258 Å². The number of carbonyl (C=O) groups is 2. The quantitative estimate of drug-likeness (QED) is 0.0343. The predicted octanol–water partition coefficient (Wildman–Crippen LogP) is 13.7. The molecule has 65 heavy (non-hydrogen) atoms. The first kappa shape index (κ1) is 61.7. The summed E-state index contributed by atoms with van der Waals surface area (Å²) in [5.41, 5.74) is 0. The zero-order chi connectivity index (χ0) is 47.3. The lowest BCUT2D eigenvalue weighted by atomic mass is 9.99. The number of rotatable bonds is 49. The van der Waals surface area contributed by atoms with Crippen LogP contribution in [-0.4, -0.2) is 89.0 Å². The van der Waals surface area contributed by atoms with Gasteiger partial charge < -0.3 is 39.4 Å². The molecule has 10 heteroatoms. The molecule has 10 nitrogen and oxygen atoms in total. The first-order chi connectivity index (χ1) is 31.8. The summed E-state index contributed by atoms with van der Waals surface area (Å²) in [5.74, 6) is -0.782. The molecule has 1 aliphatic rings. The molecule has 0 radical (unpaired) electrons. The van der Waals surface area contributed by atoms with Crippen LogP contribution in [0.2, 0.25) is 0 Å². The maximum Gasteiger partial charge on any atom is 0.306 e. The highest BCUT2D eigenvalue weighted by Crippen LogP contribution is 2.23. The number of unbranched alkanes of at least 4 members (excludes halogenated alkanes) is 38. The van der Waals surface area contributed by atoms with Gasteiger partial charge >= 0.3 is 11.9 Å². The van der Waals surface area contributed by atoms with Crippen LogP contribution in [0.4, 0.5) is 0 Å². The lowest BCUT2D eigenvalue weighted by Gasteiger charge is -2.39. The summed E-state index contributed by atoms with van der Waals surface area (Å²) in [6.45, 7) is 3.50. The monoisotopic (exact) mass is 927 g/mol. The molecule has 1 saturated heterocycles. The van der Waals surface area contributed by atoms with Crippen LogP contribution in [0.25, 0.3) is 0 Å². The Bertz CT molecular complexity index is 1030. The SMILES string of the molecule is CCCCCCCCCCCCCCCCCCCCCCC(=O)OCC(COC1OC(CO)C(O)C(O)C1O)OC(=O)CCCCCCCCCCCCCCCCCCCCCC. The van der Waals surface area contributed by atoms with Crippen molar-refractivity contribution in [1.82, 2.24) is 0 Å². The average molecular weight is 927 g/mol. The van der Waals surface area contributed by atoms with Gasteiger partial charge in [-0.15, -0.1) is 0 Å². The lowest BCUT2D eigenvalue weighted by molar-refractivity contribution is -0.305. The van der Waals surface area contributed by atoms with Gasteiger partial charge in [0.25, 0.3) is 0 Å². The Labute approximate surface area is 399 Å². The van der Waals surface area contributed by atoms with Gasteiger partial charge in [-0.25, -0.2) is 0 Å². The number of carbonyl (C=O) groups excluding carboxylic acids is 2. The van der Waals surface area contributed by atoms with E-state index in [9.17, 15) is 30.0 Å². The first-order valence-corrected chi connectivity index (χ1v) is 28.1. The van der Waals surface area contributed by atoms with E-state index in [0.29, 0.717) is 6.42 Å². The van der Waals surface area contributed by atoms with Gasteiger partial charge in [-0.3, -0.25) is 9.59 Å². The van der Waals surface area contributed by atoms with Crippen molar-refractivity contribution >= 4 is 11.9 Å². The number of hydrogen-bond donors (Lipinski definition) is 4. The summed E-state index contributed by atoms with van der Waals surface area (Å²) in [6.07, 6.45) is 44.0. The molecule has 0 aliphatic carbocycles. The average Bonchev–Trinajstić information content (AvgIpc) is 3.30. The zero-order valence-corrected chi connectivity index (χ0v) is 42.5. The van der Waals surface area contributed by atoms with Crippen molar-refractivity contribution in [3.05, 3.63) is 0 Å². The second-order valence-corrected chi connectivity index (χ2v) is 19.8. The molecule has 0 aromatic heterocycles. The van der Waals surface area contributed by atoms with Crippen molar-refractivity contribution in [2.75, 3.05) is 19.8 Å². The predicted molar refractivity (Wildman–Crippen MR) is 266 cm³/mol. The third-order valence-electron chi connectivity index (χ3n) is 13.5. The smallest absolute Gasteiger partial charge is 0.306 e. The van der Waals surface area contributed by atoms with Gasteiger partial charge in [0.1, 0.15) is 31.0 Å². The minimum absolute atomic E-state index is 0.208. The minimum atomic E-state index is -1.59. The van der Waals surface area contributed by atoms with Gasteiger partial charge in [-0.05, 0) is 12.8 Å². The van der Waals surface area contributed by atoms with Crippen LogP contribution < -0.4 is 0 Å². The highest BCUT2D eigenvalue weighted by atomic mass is 16.7. The maximum atomic E-state index is 12.9. The van der Waals surface area contributed by atoms with Gasteiger partial charge in [0.2, 0.25) is 0 Å². The summed E-state index contributed by atoms with van der Waals surface area (Å²) in [4.78, 5) is 25.5. The molecule has 0 spiro atoms. The minimum Gasteiger partial charge on any atom is -0.462 e. The topological polar surface area (TPSA) is 152 Å². The highest BCUT2D eigenvalue weighted by molar-refractivity contribution is 5.70. The van der Waals surface area contributed by atoms with Crippen molar-refractivity contribution in [3.8, 4) is 0 Å². The first-order valence-electron chi connectivity index (χ1n) is 28.1. The van der Waals surface area contributed by atoms with E-state index in [1.54, 1.807) is 0 Å². The maximum absolute atomic E-state index is 12.9. The fourth-order valence-electron chi connectivity index (χ4n) is 9.08. The van der Waals surface area contributed by atoms with Crippen LogP contribution in [0.15, 0.2) is 0 Å². The van der Waals surface area contributed by atoms with Crippen LogP contribution >= 0.6 is 0 Å². The van der Waals surface area contributed by atoms with Crippen LogP contribution in [0.1, 0.15) is 284 Å². The third-order valence-corrected chi connectivity index (χ3v) is 13.5. The van der Waals surface area contributed by atoms with Crippen molar-refractivity contribution in [2.45, 2.75) is 320 Å². The molecule has 1 heterocycles. The summed E-state index contributed by atoms with van der Waals surface area (Å²) < 4.78 is 22.3. The molecule has 0 saturated carbocycles. The zero-order valence-electron chi connectivity index (χ0n) is 42.5. The molecule has 1 aliphatic heterocycles. The number of esters is 2. The molecule has 1 rings (SSSR count). The molecule has 6 atom stereocenters. The molecular weight excluding hydrogens is 821 g/mol. The van der Waals surface area contributed by atoms with Gasteiger partial charge in [0.05, 0.1) is 13.2 Å². The van der Waals surface area contributed by atoms with E-state index in [-0.39, 0.29) is 32.0 Å². The van der Waals surface area contributed by atoms with Crippen molar-refractivity contribution in [3.63, 3.8) is 0 Å². The van der Waals surface area contributed by atoms with E-state index < -0.39 is 49.4 Å². The lowest BCUT2D eigenvalue weighted by Crippen LogP contribution is -2.59. The summed E-state index contributed by atoms with van der Waals surface area (Å²) in [5, 5.41) is 40.3. The Morgan fingerprint density at radius 3 is 1.05 bits per heavy atom. The molecule has 6 unspecified atom stereocenters. The number of hydrogen-bond acceptors (Lipinski definition) is 10. The summed E-state index contributed by atoms with van der Waals surface area (Å²) in [6, 6.07) is 0. The highest BCUT2D eigenvalue weighted by Gasteiger charge is 2.44. The van der Waals surface area contributed by atoms with Gasteiger partial charge in [0.15, 0.2) is 12.4 Å². The Kier molecular flexibility index (Phi) is 44.1. The number of ether oxygens (including phenoxy) is 4. The van der Waals surface area contributed by atoms with Crippen LogP contribution in [0.5, 0.6) is 0 Å². The van der Waals surface area contributed by atoms with E-state index >= 15 is 0 Å². The second kappa shape index (κ2) is 46.4. The Balaban J connectivity index is 2.20. The van der Waals surface area contributed by atoms with Crippen molar-refractivity contribution in [1.29, 1.82) is 0 Å². The molecule has 0 amide bonds. The van der Waals surface area contributed by atoms with Crippen LogP contribution in [0.3, 0.4) is 0 Å².